The lowest BCUT2D eigenvalue weighted by Crippen LogP contribution is -2.02. The van der Waals surface area contributed by atoms with Crippen molar-refractivity contribution < 1.29 is 5.21 Å². The smallest absolute Gasteiger partial charge is 0.185 e. The monoisotopic (exact) mass is 254 g/mol. The molecule has 0 radical (unpaired) electrons. The van der Waals surface area contributed by atoms with Gasteiger partial charge in [-0.2, -0.15) is 4.52 Å². The van der Waals surface area contributed by atoms with Crippen molar-refractivity contribution in [2.45, 2.75) is 0 Å². The maximum atomic E-state index is 8.47. The normalized spacial score (nSPS) is 11.2. The van der Waals surface area contributed by atoms with E-state index in [1.807, 2.05) is 35.8 Å². The predicted octanol–water partition coefficient (Wildman–Crippen LogP) is 1.43. The Labute approximate surface area is 108 Å². The van der Waals surface area contributed by atoms with Crippen molar-refractivity contribution in [3.05, 3.63) is 42.5 Å². The molecule has 2 aromatic heterocycles. The third-order valence-electron chi connectivity index (χ3n) is 2.54. The van der Waals surface area contributed by atoms with E-state index >= 15 is 0 Å². The lowest BCUT2D eigenvalue weighted by Gasteiger charge is -1.99. The van der Waals surface area contributed by atoms with Crippen LogP contribution in [-0.4, -0.2) is 31.4 Å². The van der Waals surface area contributed by atoms with Crippen molar-refractivity contribution in [3.8, 4) is 11.4 Å². The van der Waals surface area contributed by atoms with Gasteiger partial charge in [0.1, 0.15) is 6.34 Å². The quantitative estimate of drug-likeness (QED) is 0.419. The number of benzene rings is 1. The highest BCUT2D eigenvalue weighted by Gasteiger charge is 2.08. The Hall–Kier alpha value is -2.80. The summed E-state index contributed by atoms with van der Waals surface area (Å²) in [6.07, 6.45) is 1.14. The zero-order valence-electron chi connectivity index (χ0n) is 9.80. The lowest BCUT2D eigenvalue weighted by atomic mass is 10.2. The van der Waals surface area contributed by atoms with E-state index in [0.717, 1.165) is 11.9 Å². The van der Waals surface area contributed by atoms with Crippen LogP contribution in [0.4, 0.5) is 5.82 Å². The fourth-order valence-corrected chi connectivity index (χ4v) is 1.71. The summed E-state index contributed by atoms with van der Waals surface area (Å²) in [5.74, 6) is 1.08. The zero-order valence-corrected chi connectivity index (χ0v) is 9.80. The minimum absolute atomic E-state index is 0.436. The number of fused-ring (bicyclic) bond motifs is 1. The summed E-state index contributed by atoms with van der Waals surface area (Å²) in [4.78, 5) is 3.92. The van der Waals surface area contributed by atoms with Gasteiger partial charge < -0.3 is 0 Å². The Morgan fingerprint density at radius 2 is 1.95 bits per heavy atom. The van der Waals surface area contributed by atoms with E-state index in [1.165, 1.54) is 0 Å². The van der Waals surface area contributed by atoms with Crippen LogP contribution in [0.1, 0.15) is 0 Å². The van der Waals surface area contributed by atoms with E-state index in [9.17, 15) is 0 Å². The fourth-order valence-electron chi connectivity index (χ4n) is 1.71. The Morgan fingerprint density at radius 3 is 2.74 bits per heavy atom. The molecule has 0 aliphatic carbocycles. The van der Waals surface area contributed by atoms with E-state index in [-0.39, 0.29) is 0 Å². The van der Waals surface area contributed by atoms with Gasteiger partial charge in [-0.3, -0.25) is 10.7 Å². The summed E-state index contributed by atoms with van der Waals surface area (Å²) in [5, 5.41) is 20.9. The molecular weight excluding hydrogens is 244 g/mol. The Bertz CT molecular complexity index is 721. The standard InChI is InChI=1S/C12H10N6O/c19-14-8-13-10-6-7-11-15-16-12(18(11)17-10)9-4-2-1-3-5-9/h1-8,19H,(H,13,14,17). The van der Waals surface area contributed by atoms with E-state index in [1.54, 1.807) is 16.6 Å². The molecule has 0 aliphatic rings. The van der Waals surface area contributed by atoms with Crippen LogP contribution in [0, 0.1) is 0 Å². The topological polar surface area (TPSA) is 87.7 Å². The summed E-state index contributed by atoms with van der Waals surface area (Å²) in [6.45, 7) is 0. The second-order valence-electron chi connectivity index (χ2n) is 3.74. The van der Waals surface area contributed by atoms with Gasteiger partial charge in [0.15, 0.2) is 17.3 Å². The first-order valence-corrected chi connectivity index (χ1v) is 5.58. The van der Waals surface area contributed by atoms with Gasteiger partial charge in [0.05, 0.1) is 0 Å². The SMILES string of the molecule is ONC=Nc1ccc2nnc(-c3ccccc3)n2n1. The van der Waals surface area contributed by atoms with Gasteiger partial charge in [-0.25, -0.2) is 4.99 Å². The van der Waals surface area contributed by atoms with Gasteiger partial charge in [-0.15, -0.1) is 15.3 Å². The van der Waals surface area contributed by atoms with Crippen molar-refractivity contribution in [2.24, 2.45) is 4.99 Å². The highest BCUT2D eigenvalue weighted by Crippen LogP contribution is 2.18. The molecule has 7 nitrogen and oxygen atoms in total. The van der Waals surface area contributed by atoms with Crippen LogP contribution >= 0.6 is 0 Å². The van der Waals surface area contributed by atoms with E-state index in [0.29, 0.717) is 17.3 Å². The van der Waals surface area contributed by atoms with Gasteiger partial charge >= 0.3 is 0 Å². The second kappa shape index (κ2) is 4.83. The molecule has 1 aromatic carbocycles. The van der Waals surface area contributed by atoms with Crippen molar-refractivity contribution >= 4 is 17.8 Å². The van der Waals surface area contributed by atoms with Crippen molar-refractivity contribution in [1.29, 1.82) is 0 Å². The van der Waals surface area contributed by atoms with Crippen LogP contribution in [0.25, 0.3) is 17.0 Å². The molecule has 0 amide bonds. The summed E-state index contributed by atoms with van der Waals surface area (Å²) in [5.41, 5.74) is 3.39. The van der Waals surface area contributed by atoms with E-state index in [2.05, 4.69) is 20.3 Å². The van der Waals surface area contributed by atoms with Gasteiger partial charge in [0, 0.05) is 5.56 Å². The van der Waals surface area contributed by atoms with Crippen molar-refractivity contribution in [3.63, 3.8) is 0 Å². The second-order valence-corrected chi connectivity index (χ2v) is 3.74. The number of nitrogens with zero attached hydrogens (tertiary/aromatic N) is 5. The number of hydroxylamine groups is 1. The molecule has 0 saturated heterocycles. The highest BCUT2D eigenvalue weighted by atomic mass is 16.5. The third kappa shape index (κ3) is 2.14. The fraction of sp³-hybridized carbons (Fsp3) is 0. The van der Waals surface area contributed by atoms with Gasteiger partial charge in [-0.1, -0.05) is 30.3 Å². The van der Waals surface area contributed by atoms with E-state index < -0.39 is 0 Å². The largest absolute Gasteiger partial charge is 0.290 e. The van der Waals surface area contributed by atoms with Crippen molar-refractivity contribution in [1.82, 2.24) is 25.3 Å². The van der Waals surface area contributed by atoms with Crippen LogP contribution < -0.4 is 5.48 Å². The van der Waals surface area contributed by atoms with Crippen LogP contribution in [0.3, 0.4) is 0 Å². The molecule has 3 rings (SSSR count). The summed E-state index contributed by atoms with van der Waals surface area (Å²) < 4.78 is 1.61. The number of aliphatic imine (C=N–C) groups is 1. The number of aromatic nitrogens is 4. The van der Waals surface area contributed by atoms with Crippen LogP contribution in [0.2, 0.25) is 0 Å². The average molecular weight is 254 g/mol. The van der Waals surface area contributed by atoms with Gasteiger partial charge in [0.25, 0.3) is 0 Å². The summed E-state index contributed by atoms with van der Waals surface area (Å²) in [7, 11) is 0. The third-order valence-corrected chi connectivity index (χ3v) is 2.54. The molecule has 2 heterocycles. The average Bonchev–Trinajstić information content (AvgIpc) is 2.89. The van der Waals surface area contributed by atoms with Gasteiger partial charge in [0.2, 0.25) is 0 Å². The van der Waals surface area contributed by atoms with Crippen molar-refractivity contribution in [2.75, 3.05) is 0 Å². The van der Waals surface area contributed by atoms with Crippen LogP contribution in [0.15, 0.2) is 47.5 Å². The first kappa shape index (κ1) is 11.3. The number of rotatable bonds is 3. The molecule has 0 spiro atoms. The molecular formula is C12H10N6O. The molecule has 0 bridgehead atoms. The Morgan fingerprint density at radius 1 is 1.11 bits per heavy atom. The lowest BCUT2D eigenvalue weighted by molar-refractivity contribution is 0.240. The number of nitrogens with one attached hydrogen (secondary N) is 1. The molecule has 0 atom stereocenters. The zero-order chi connectivity index (χ0) is 13.1. The van der Waals surface area contributed by atoms with E-state index in [4.69, 9.17) is 5.21 Å². The van der Waals surface area contributed by atoms with Crippen LogP contribution in [-0.2, 0) is 0 Å². The molecule has 0 aliphatic heterocycles. The summed E-state index contributed by atoms with van der Waals surface area (Å²) in [6, 6.07) is 13.1. The molecule has 0 saturated carbocycles. The van der Waals surface area contributed by atoms with Crippen LogP contribution in [0.5, 0.6) is 0 Å². The minimum atomic E-state index is 0.436. The maximum absolute atomic E-state index is 8.47. The molecule has 0 unspecified atom stereocenters. The first-order chi connectivity index (χ1) is 9.38. The number of hydrogen-bond donors (Lipinski definition) is 2. The summed E-state index contributed by atoms with van der Waals surface area (Å²) >= 11 is 0. The van der Waals surface area contributed by atoms with Gasteiger partial charge in [-0.05, 0) is 12.1 Å². The maximum Gasteiger partial charge on any atom is 0.185 e. The minimum Gasteiger partial charge on any atom is -0.290 e. The predicted molar refractivity (Wildman–Crippen MR) is 69.3 cm³/mol. The molecule has 19 heavy (non-hydrogen) atoms. The number of hydrogen-bond acceptors (Lipinski definition) is 5. The molecule has 2 N–H and O–H groups in total. The molecule has 94 valence electrons. The molecule has 3 aromatic rings. The Balaban J connectivity index is 2.13. The first-order valence-electron chi connectivity index (χ1n) is 5.58. The molecule has 0 fully saturated rings. The Kier molecular flexibility index (Phi) is 2.87. The molecule has 7 heteroatoms. The highest BCUT2D eigenvalue weighted by molar-refractivity contribution is 5.61.